The van der Waals surface area contributed by atoms with Crippen molar-refractivity contribution in [3.8, 4) is 6.07 Å². The molecule has 0 radical (unpaired) electrons. The van der Waals surface area contributed by atoms with Crippen molar-refractivity contribution in [2.24, 2.45) is 0 Å². The van der Waals surface area contributed by atoms with Crippen molar-refractivity contribution >= 4 is 17.3 Å². The zero-order valence-corrected chi connectivity index (χ0v) is 11.8. The van der Waals surface area contributed by atoms with Gasteiger partial charge in [0.2, 0.25) is 0 Å². The number of hydrogen-bond acceptors (Lipinski definition) is 5. The molecule has 2 rings (SSSR count). The molecule has 0 saturated heterocycles. The van der Waals surface area contributed by atoms with Gasteiger partial charge in [-0.1, -0.05) is 18.2 Å². The number of nitriles is 1. The number of aryl methyl sites for hydroxylation is 1. The maximum Gasteiger partial charge on any atom is 0.136 e. The predicted octanol–water partition coefficient (Wildman–Crippen LogP) is 3.24. The summed E-state index contributed by atoms with van der Waals surface area (Å²) >= 11 is 0. The van der Waals surface area contributed by atoms with Crippen LogP contribution in [0, 0.1) is 18.3 Å². The fourth-order valence-corrected chi connectivity index (χ4v) is 1.71. The molecule has 5 heteroatoms. The van der Waals surface area contributed by atoms with Crippen LogP contribution in [0.3, 0.4) is 0 Å². The van der Waals surface area contributed by atoms with Crippen molar-refractivity contribution in [3.05, 3.63) is 42.2 Å². The van der Waals surface area contributed by atoms with Crippen LogP contribution in [-0.4, -0.2) is 15.5 Å². The highest BCUT2D eigenvalue weighted by molar-refractivity contribution is 5.59. The fourth-order valence-electron chi connectivity index (χ4n) is 1.71. The Hall–Kier alpha value is -2.61. The molecule has 0 aliphatic rings. The third kappa shape index (κ3) is 3.69. The standard InChI is InChI=1S/C15H17N5/c1-11-17-13(19-12-7-5-4-6-8-12)9-14(18-11)20-15(2,3)10-16/h4-9H,1-3H3,(H2,17,18,19,20). The van der Waals surface area contributed by atoms with Crippen LogP contribution in [0.2, 0.25) is 0 Å². The van der Waals surface area contributed by atoms with Gasteiger partial charge in [0.25, 0.3) is 0 Å². The zero-order chi connectivity index (χ0) is 14.6. The molecule has 1 heterocycles. The van der Waals surface area contributed by atoms with Crippen LogP contribution in [0.25, 0.3) is 0 Å². The molecule has 0 aliphatic carbocycles. The number of anilines is 3. The minimum Gasteiger partial charge on any atom is -0.352 e. The molecular weight excluding hydrogens is 250 g/mol. The van der Waals surface area contributed by atoms with Crippen LogP contribution >= 0.6 is 0 Å². The quantitative estimate of drug-likeness (QED) is 0.889. The molecule has 1 aromatic heterocycles. The fraction of sp³-hybridized carbons (Fsp3) is 0.267. The zero-order valence-electron chi connectivity index (χ0n) is 11.8. The molecule has 0 unspecified atom stereocenters. The average Bonchev–Trinajstić information content (AvgIpc) is 2.38. The van der Waals surface area contributed by atoms with Gasteiger partial charge in [-0.05, 0) is 32.9 Å². The summed E-state index contributed by atoms with van der Waals surface area (Å²) in [7, 11) is 0. The Morgan fingerprint density at radius 2 is 1.75 bits per heavy atom. The monoisotopic (exact) mass is 267 g/mol. The van der Waals surface area contributed by atoms with Gasteiger partial charge >= 0.3 is 0 Å². The second kappa shape index (κ2) is 5.57. The Bertz CT molecular complexity index is 628. The van der Waals surface area contributed by atoms with E-state index in [9.17, 15) is 0 Å². The van der Waals surface area contributed by atoms with Gasteiger partial charge in [-0.3, -0.25) is 0 Å². The topological polar surface area (TPSA) is 73.6 Å². The molecule has 0 bridgehead atoms. The van der Waals surface area contributed by atoms with E-state index in [0.29, 0.717) is 17.5 Å². The SMILES string of the molecule is Cc1nc(Nc2ccccc2)cc(NC(C)(C)C#N)n1. The predicted molar refractivity (Wildman–Crippen MR) is 79.8 cm³/mol. The van der Waals surface area contributed by atoms with Crippen molar-refractivity contribution in [1.29, 1.82) is 5.26 Å². The molecule has 1 aromatic carbocycles. The number of benzene rings is 1. The van der Waals surface area contributed by atoms with E-state index in [1.54, 1.807) is 19.9 Å². The van der Waals surface area contributed by atoms with Crippen molar-refractivity contribution in [1.82, 2.24) is 9.97 Å². The Balaban J connectivity index is 2.23. The normalized spacial score (nSPS) is 10.7. The van der Waals surface area contributed by atoms with Gasteiger partial charge in [-0.15, -0.1) is 0 Å². The highest BCUT2D eigenvalue weighted by Crippen LogP contribution is 2.19. The molecule has 0 saturated carbocycles. The Morgan fingerprint density at radius 1 is 1.10 bits per heavy atom. The van der Waals surface area contributed by atoms with E-state index in [1.807, 2.05) is 37.3 Å². The van der Waals surface area contributed by atoms with Crippen molar-refractivity contribution in [3.63, 3.8) is 0 Å². The summed E-state index contributed by atoms with van der Waals surface area (Å²) in [5, 5.41) is 15.4. The van der Waals surface area contributed by atoms with Gasteiger partial charge in [0.1, 0.15) is 23.0 Å². The van der Waals surface area contributed by atoms with Gasteiger partial charge in [0, 0.05) is 11.8 Å². The van der Waals surface area contributed by atoms with Crippen molar-refractivity contribution in [2.45, 2.75) is 26.3 Å². The van der Waals surface area contributed by atoms with Gasteiger partial charge < -0.3 is 10.6 Å². The average molecular weight is 267 g/mol. The second-order valence-electron chi connectivity index (χ2n) is 5.04. The first kappa shape index (κ1) is 13.8. The highest BCUT2D eigenvalue weighted by Gasteiger charge is 2.17. The maximum atomic E-state index is 9.06. The van der Waals surface area contributed by atoms with Crippen LogP contribution in [0.15, 0.2) is 36.4 Å². The van der Waals surface area contributed by atoms with Crippen LogP contribution < -0.4 is 10.6 Å². The first-order chi connectivity index (χ1) is 9.48. The molecule has 0 spiro atoms. The van der Waals surface area contributed by atoms with Crippen LogP contribution in [0.4, 0.5) is 17.3 Å². The smallest absolute Gasteiger partial charge is 0.136 e. The summed E-state index contributed by atoms with van der Waals surface area (Å²) < 4.78 is 0. The van der Waals surface area contributed by atoms with E-state index >= 15 is 0 Å². The molecule has 2 N–H and O–H groups in total. The summed E-state index contributed by atoms with van der Waals surface area (Å²) in [5.41, 5.74) is 0.279. The molecule has 0 amide bonds. The summed E-state index contributed by atoms with van der Waals surface area (Å²) in [6, 6.07) is 13.8. The molecule has 2 aromatic rings. The molecule has 0 fully saturated rings. The molecule has 5 nitrogen and oxygen atoms in total. The summed E-state index contributed by atoms with van der Waals surface area (Å²) in [6.45, 7) is 5.42. The Kier molecular flexibility index (Phi) is 3.85. The van der Waals surface area contributed by atoms with Gasteiger partial charge in [0.05, 0.1) is 6.07 Å². The largest absolute Gasteiger partial charge is 0.352 e. The number of aromatic nitrogens is 2. The lowest BCUT2D eigenvalue weighted by atomic mass is 10.1. The van der Waals surface area contributed by atoms with Gasteiger partial charge in [-0.25, -0.2) is 9.97 Å². The number of para-hydroxylation sites is 1. The summed E-state index contributed by atoms with van der Waals surface area (Å²) in [6.07, 6.45) is 0. The highest BCUT2D eigenvalue weighted by atomic mass is 15.1. The number of hydrogen-bond donors (Lipinski definition) is 2. The van der Waals surface area contributed by atoms with Crippen LogP contribution in [0.5, 0.6) is 0 Å². The minimum atomic E-state index is -0.676. The summed E-state index contributed by atoms with van der Waals surface area (Å²) in [4.78, 5) is 8.64. The van der Waals surface area contributed by atoms with Crippen LogP contribution in [0.1, 0.15) is 19.7 Å². The van der Waals surface area contributed by atoms with Crippen molar-refractivity contribution in [2.75, 3.05) is 10.6 Å². The minimum absolute atomic E-state index is 0.627. The molecule has 20 heavy (non-hydrogen) atoms. The third-order valence-corrected chi connectivity index (χ3v) is 2.60. The lowest BCUT2D eigenvalue weighted by molar-refractivity contribution is 0.722. The van der Waals surface area contributed by atoms with Gasteiger partial charge in [0.15, 0.2) is 0 Å². The molecule has 102 valence electrons. The van der Waals surface area contributed by atoms with E-state index in [-0.39, 0.29) is 0 Å². The first-order valence-electron chi connectivity index (χ1n) is 6.36. The first-order valence-corrected chi connectivity index (χ1v) is 6.36. The lowest BCUT2D eigenvalue weighted by Gasteiger charge is -2.19. The third-order valence-electron chi connectivity index (χ3n) is 2.60. The van der Waals surface area contributed by atoms with E-state index in [1.165, 1.54) is 0 Å². The number of nitrogens with one attached hydrogen (secondary N) is 2. The van der Waals surface area contributed by atoms with Crippen molar-refractivity contribution < 1.29 is 0 Å². The second-order valence-corrected chi connectivity index (χ2v) is 5.04. The molecular formula is C15H17N5. The number of nitrogens with zero attached hydrogens (tertiary/aromatic N) is 3. The molecule has 0 aliphatic heterocycles. The van der Waals surface area contributed by atoms with E-state index in [2.05, 4.69) is 26.7 Å². The van der Waals surface area contributed by atoms with E-state index in [4.69, 9.17) is 5.26 Å². The lowest BCUT2D eigenvalue weighted by Crippen LogP contribution is -2.29. The number of rotatable bonds is 4. The summed E-state index contributed by atoms with van der Waals surface area (Å²) in [5.74, 6) is 1.96. The molecule has 0 atom stereocenters. The maximum absolute atomic E-state index is 9.06. The van der Waals surface area contributed by atoms with E-state index < -0.39 is 5.54 Å². The van der Waals surface area contributed by atoms with E-state index in [0.717, 1.165) is 5.69 Å². The van der Waals surface area contributed by atoms with Crippen LogP contribution in [-0.2, 0) is 0 Å². The van der Waals surface area contributed by atoms with Gasteiger partial charge in [-0.2, -0.15) is 5.26 Å². The Morgan fingerprint density at radius 3 is 2.40 bits per heavy atom. The Labute approximate surface area is 118 Å².